The first-order chi connectivity index (χ1) is 18.2. The quantitative estimate of drug-likeness (QED) is 0.484. The second-order valence-corrected chi connectivity index (χ2v) is 9.97. The highest BCUT2D eigenvalue weighted by Crippen LogP contribution is 2.52. The second kappa shape index (κ2) is 11.1. The molecule has 2 aromatic rings. The molecule has 1 aromatic heterocycles. The number of methoxy groups -OCH3 is 1. The van der Waals surface area contributed by atoms with Crippen LogP contribution in [0.3, 0.4) is 0 Å². The van der Waals surface area contributed by atoms with Crippen molar-refractivity contribution in [1.29, 1.82) is 5.26 Å². The van der Waals surface area contributed by atoms with Crippen molar-refractivity contribution < 1.29 is 18.7 Å². The van der Waals surface area contributed by atoms with E-state index < -0.39 is 17.2 Å². The maximum atomic E-state index is 14.4. The van der Waals surface area contributed by atoms with E-state index in [0.29, 0.717) is 46.8 Å². The standard InChI is InChI=1S/C29H32FN5O3/c1-18(10-24(11-19(2)32)35-9-7-29(17-31,28(35)37)22-4-5-22)27(36)34-15-20-12-21(14-23(30)13-20)25-16-33-8-6-26(25)38-3/h6,8,10-14,16,18,22H,4-5,7,9,15,32H2,1-3H3,(H,34,36)/b19-11-,24-10+. The minimum Gasteiger partial charge on any atom is -0.496 e. The molecular formula is C29H32FN5O3. The lowest BCUT2D eigenvalue weighted by Gasteiger charge is -2.23. The number of hydrogen-bond donors (Lipinski definition) is 2. The minimum atomic E-state index is -0.993. The van der Waals surface area contributed by atoms with Crippen LogP contribution in [0.1, 0.15) is 38.7 Å². The monoisotopic (exact) mass is 517 g/mol. The van der Waals surface area contributed by atoms with Crippen LogP contribution in [0.5, 0.6) is 5.75 Å². The number of carbonyl (C=O) groups is 2. The fraction of sp³-hybridized carbons (Fsp3) is 0.379. The summed E-state index contributed by atoms with van der Waals surface area (Å²) in [5, 5.41) is 12.7. The molecule has 8 nitrogen and oxygen atoms in total. The van der Waals surface area contributed by atoms with Gasteiger partial charge in [0.25, 0.3) is 0 Å². The predicted octanol–water partition coefficient (Wildman–Crippen LogP) is 4.05. The maximum absolute atomic E-state index is 14.4. The fourth-order valence-corrected chi connectivity index (χ4v) is 4.95. The van der Waals surface area contributed by atoms with E-state index in [1.165, 1.54) is 19.2 Å². The third kappa shape index (κ3) is 5.54. The molecule has 4 rings (SSSR count). The van der Waals surface area contributed by atoms with Crippen LogP contribution in [0.25, 0.3) is 11.1 Å². The summed E-state index contributed by atoms with van der Waals surface area (Å²) in [4.78, 5) is 32.0. The van der Waals surface area contributed by atoms with Crippen molar-refractivity contribution in [3.63, 3.8) is 0 Å². The minimum absolute atomic E-state index is 0.0951. The Hall–Kier alpha value is -4.19. The van der Waals surface area contributed by atoms with Crippen LogP contribution in [0.2, 0.25) is 0 Å². The van der Waals surface area contributed by atoms with Crippen molar-refractivity contribution in [3.05, 3.63) is 71.6 Å². The molecule has 0 bridgehead atoms. The molecule has 1 aliphatic heterocycles. The summed E-state index contributed by atoms with van der Waals surface area (Å²) in [6.45, 7) is 3.92. The van der Waals surface area contributed by atoms with Crippen molar-refractivity contribution in [1.82, 2.24) is 15.2 Å². The Bertz CT molecular complexity index is 1340. The summed E-state index contributed by atoms with van der Waals surface area (Å²) in [6, 6.07) is 8.50. The summed E-state index contributed by atoms with van der Waals surface area (Å²) in [5.74, 6) is -0.919. The van der Waals surface area contributed by atoms with Gasteiger partial charge in [-0.3, -0.25) is 14.6 Å². The Balaban J connectivity index is 1.49. The predicted molar refractivity (Wildman–Crippen MR) is 140 cm³/mol. The van der Waals surface area contributed by atoms with Gasteiger partial charge in [0.1, 0.15) is 17.0 Å². The third-order valence-electron chi connectivity index (χ3n) is 7.09. The van der Waals surface area contributed by atoms with E-state index in [9.17, 15) is 19.2 Å². The largest absolute Gasteiger partial charge is 0.496 e. The number of ether oxygens (including phenoxy) is 1. The van der Waals surface area contributed by atoms with Crippen molar-refractivity contribution in [2.45, 2.75) is 39.7 Å². The topological polar surface area (TPSA) is 121 Å². The average molecular weight is 518 g/mol. The normalized spacial score (nSPS) is 20.7. The van der Waals surface area contributed by atoms with E-state index in [0.717, 1.165) is 12.8 Å². The Morgan fingerprint density at radius 1 is 1.42 bits per heavy atom. The van der Waals surface area contributed by atoms with Gasteiger partial charge in [-0.1, -0.05) is 6.92 Å². The number of nitrogens with two attached hydrogens (primary N) is 1. The molecule has 2 amide bonds. The molecule has 198 valence electrons. The zero-order valence-electron chi connectivity index (χ0n) is 21.8. The van der Waals surface area contributed by atoms with E-state index >= 15 is 0 Å². The van der Waals surface area contributed by atoms with Crippen LogP contribution in [0.4, 0.5) is 4.39 Å². The molecule has 38 heavy (non-hydrogen) atoms. The number of rotatable bonds is 9. The van der Waals surface area contributed by atoms with Gasteiger partial charge in [-0.2, -0.15) is 5.26 Å². The second-order valence-electron chi connectivity index (χ2n) is 9.97. The maximum Gasteiger partial charge on any atom is 0.247 e. The van der Waals surface area contributed by atoms with Crippen LogP contribution in [-0.2, 0) is 16.1 Å². The van der Waals surface area contributed by atoms with Crippen LogP contribution >= 0.6 is 0 Å². The van der Waals surface area contributed by atoms with Crippen molar-refractivity contribution in [2.75, 3.05) is 13.7 Å². The van der Waals surface area contributed by atoms with Crippen LogP contribution in [-0.4, -0.2) is 35.4 Å². The molecule has 2 fully saturated rings. The highest BCUT2D eigenvalue weighted by Gasteiger charge is 2.56. The van der Waals surface area contributed by atoms with Gasteiger partial charge < -0.3 is 20.7 Å². The molecular weight excluding hydrogens is 485 g/mol. The number of amides is 2. The zero-order chi connectivity index (χ0) is 27.4. The van der Waals surface area contributed by atoms with Gasteiger partial charge >= 0.3 is 0 Å². The Labute approximate surface area is 222 Å². The number of allylic oxidation sites excluding steroid dienone is 2. The molecule has 2 aliphatic rings. The SMILES string of the molecule is COc1ccncc1-c1cc(F)cc(CNC(=O)C(C)/C=C(\C=C(\C)N)N2CCC(C#N)(C3CC3)C2=O)c1. The number of aromatic nitrogens is 1. The number of likely N-dealkylation sites (tertiary alicyclic amines) is 1. The summed E-state index contributed by atoms with van der Waals surface area (Å²) in [6.07, 6.45) is 8.75. The van der Waals surface area contributed by atoms with Gasteiger partial charge in [0.2, 0.25) is 11.8 Å². The summed E-state index contributed by atoms with van der Waals surface area (Å²) >= 11 is 0. The van der Waals surface area contributed by atoms with Gasteiger partial charge in [-0.15, -0.1) is 0 Å². The molecule has 9 heteroatoms. The molecule has 0 spiro atoms. The lowest BCUT2D eigenvalue weighted by molar-refractivity contribution is -0.132. The van der Waals surface area contributed by atoms with Crippen LogP contribution < -0.4 is 15.8 Å². The van der Waals surface area contributed by atoms with E-state index in [4.69, 9.17) is 10.5 Å². The van der Waals surface area contributed by atoms with Gasteiger partial charge in [0.05, 0.1) is 19.1 Å². The summed E-state index contributed by atoms with van der Waals surface area (Å²) < 4.78 is 19.8. The Morgan fingerprint density at radius 3 is 2.84 bits per heavy atom. The molecule has 1 saturated carbocycles. The van der Waals surface area contributed by atoms with E-state index in [1.807, 2.05) is 0 Å². The van der Waals surface area contributed by atoms with E-state index in [2.05, 4.69) is 16.4 Å². The molecule has 1 saturated heterocycles. The number of pyridine rings is 1. The number of carbonyl (C=O) groups excluding carboxylic acids is 2. The Kier molecular flexibility index (Phi) is 7.81. The lowest BCUT2D eigenvalue weighted by Crippen LogP contribution is -2.35. The molecule has 2 atom stereocenters. The highest BCUT2D eigenvalue weighted by molar-refractivity contribution is 5.90. The number of nitriles is 1. The molecule has 1 aromatic carbocycles. The van der Waals surface area contributed by atoms with E-state index in [-0.39, 0.29) is 24.3 Å². The van der Waals surface area contributed by atoms with Crippen molar-refractivity contribution >= 4 is 11.8 Å². The smallest absolute Gasteiger partial charge is 0.247 e. The fourth-order valence-electron chi connectivity index (χ4n) is 4.95. The summed E-state index contributed by atoms with van der Waals surface area (Å²) in [7, 11) is 1.53. The number of hydrogen-bond acceptors (Lipinski definition) is 6. The molecule has 0 radical (unpaired) electrons. The molecule has 3 N–H and O–H groups in total. The number of nitrogens with zero attached hydrogens (tertiary/aromatic N) is 3. The average Bonchev–Trinajstić information content (AvgIpc) is 3.69. The van der Waals surface area contributed by atoms with Gasteiger partial charge in [0, 0.05) is 42.4 Å². The van der Waals surface area contributed by atoms with Gasteiger partial charge in [-0.25, -0.2) is 4.39 Å². The zero-order valence-corrected chi connectivity index (χ0v) is 21.8. The van der Waals surface area contributed by atoms with Crippen molar-refractivity contribution in [3.8, 4) is 22.9 Å². The highest BCUT2D eigenvalue weighted by atomic mass is 19.1. The van der Waals surface area contributed by atoms with Crippen LogP contribution in [0.15, 0.2) is 60.2 Å². The lowest BCUT2D eigenvalue weighted by atomic mass is 9.83. The van der Waals surface area contributed by atoms with Crippen molar-refractivity contribution in [2.24, 2.45) is 23.0 Å². The number of halogens is 1. The first kappa shape index (κ1) is 26.9. The summed E-state index contributed by atoms with van der Waals surface area (Å²) in [5.41, 5.74) is 7.73. The third-order valence-corrected chi connectivity index (χ3v) is 7.09. The number of benzene rings is 1. The van der Waals surface area contributed by atoms with E-state index in [1.54, 1.807) is 55.4 Å². The molecule has 2 unspecified atom stereocenters. The number of nitrogens with one attached hydrogen (secondary N) is 1. The Morgan fingerprint density at radius 2 is 2.18 bits per heavy atom. The molecule has 2 heterocycles. The van der Waals surface area contributed by atoms with Crippen LogP contribution in [0, 0.1) is 34.4 Å². The van der Waals surface area contributed by atoms with Gasteiger partial charge in [-0.05, 0) is 79.6 Å². The first-order valence-electron chi connectivity index (χ1n) is 12.6. The molecule has 1 aliphatic carbocycles. The first-order valence-corrected chi connectivity index (χ1v) is 12.6. The van der Waals surface area contributed by atoms with Gasteiger partial charge in [0.15, 0.2) is 0 Å².